The van der Waals surface area contributed by atoms with E-state index in [-0.39, 0.29) is 6.04 Å². The molecule has 0 spiro atoms. The van der Waals surface area contributed by atoms with Crippen molar-refractivity contribution in [3.8, 4) is 5.75 Å². The molecule has 0 aliphatic heterocycles. The maximum Gasteiger partial charge on any atom is 0.170 e. The molecule has 0 saturated carbocycles. The number of ether oxygens (including phenoxy) is 1. The average Bonchev–Trinajstić information content (AvgIpc) is 2.93. The zero-order chi connectivity index (χ0) is 13.7. The van der Waals surface area contributed by atoms with E-state index in [1.54, 1.807) is 18.9 Å². The molecule has 4 nitrogen and oxygen atoms in total. The molecule has 6 heteroatoms. The number of nitrogens with zero attached hydrogens (tertiary/aromatic N) is 2. The van der Waals surface area contributed by atoms with Crippen LogP contribution in [0.2, 0.25) is 0 Å². The smallest absolute Gasteiger partial charge is 0.170 e. The number of nitrogens with two attached hydrogens (primary N) is 1. The molecule has 1 unspecified atom stereocenters. The SMILES string of the molecule is CCc1nsc(SCC(N)c2ccc(OC)cc2)n1. The third-order valence-electron chi connectivity index (χ3n) is 2.70. The van der Waals surface area contributed by atoms with Crippen LogP contribution in [0, 0.1) is 0 Å². The zero-order valence-corrected chi connectivity index (χ0v) is 12.6. The molecule has 0 saturated heterocycles. The molecule has 1 heterocycles. The minimum atomic E-state index is -0.00937. The number of thioether (sulfide) groups is 1. The Morgan fingerprint density at radius 3 is 2.68 bits per heavy atom. The Bertz CT molecular complexity index is 513. The Morgan fingerprint density at radius 2 is 2.11 bits per heavy atom. The summed E-state index contributed by atoms with van der Waals surface area (Å²) in [7, 11) is 1.66. The van der Waals surface area contributed by atoms with Gasteiger partial charge in [-0.3, -0.25) is 0 Å². The summed E-state index contributed by atoms with van der Waals surface area (Å²) in [4.78, 5) is 4.42. The number of hydrogen-bond acceptors (Lipinski definition) is 6. The van der Waals surface area contributed by atoms with Crippen LogP contribution in [0.25, 0.3) is 0 Å². The lowest BCUT2D eigenvalue weighted by Crippen LogP contribution is -2.12. The molecule has 19 heavy (non-hydrogen) atoms. The van der Waals surface area contributed by atoms with Gasteiger partial charge in [-0.05, 0) is 29.2 Å². The van der Waals surface area contributed by atoms with Crippen LogP contribution in [0.4, 0.5) is 0 Å². The molecule has 0 aliphatic rings. The third-order valence-corrected chi connectivity index (χ3v) is 4.69. The first-order valence-corrected chi connectivity index (χ1v) is 7.83. The normalized spacial score (nSPS) is 12.4. The van der Waals surface area contributed by atoms with Crippen LogP contribution < -0.4 is 10.5 Å². The first-order valence-electron chi connectivity index (χ1n) is 6.07. The van der Waals surface area contributed by atoms with E-state index >= 15 is 0 Å². The number of aryl methyl sites for hydroxylation is 1. The molecule has 2 aromatic rings. The van der Waals surface area contributed by atoms with Crippen LogP contribution in [0.5, 0.6) is 5.75 Å². The highest BCUT2D eigenvalue weighted by Gasteiger charge is 2.09. The second-order valence-electron chi connectivity index (χ2n) is 4.02. The molecule has 0 fully saturated rings. The highest BCUT2D eigenvalue weighted by Crippen LogP contribution is 2.25. The van der Waals surface area contributed by atoms with Gasteiger partial charge in [-0.1, -0.05) is 30.8 Å². The van der Waals surface area contributed by atoms with Crippen molar-refractivity contribution in [2.75, 3.05) is 12.9 Å². The zero-order valence-electron chi connectivity index (χ0n) is 11.0. The van der Waals surface area contributed by atoms with E-state index in [0.717, 1.165) is 33.7 Å². The lowest BCUT2D eigenvalue weighted by Gasteiger charge is -2.11. The van der Waals surface area contributed by atoms with E-state index < -0.39 is 0 Å². The molecule has 2 rings (SSSR count). The summed E-state index contributed by atoms with van der Waals surface area (Å²) in [5.74, 6) is 2.55. The Balaban J connectivity index is 1.90. The molecule has 1 atom stereocenters. The molecular weight excluding hydrogens is 278 g/mol. The van der Waals surface area contributed by atoms with Crippen LogP contribution in [-0.4, -0.2) is 22.2 Å². The molecule has 2 N–H and O–H groups in total. The number of benzene rings is 1. The maximum atomic E-state index is 6.17. The molecular formula is C13H17N3OS2. The van der Waals surface area contributed by atoms with Gasteiger partial charge in [-0.25, -0.2) is 4.98 Å². The minimum absolute atomic E-state index is 0.00937. The van der Waals surface area contributed by atoms with Gasteiger partial charge in [0.15, 0.2) is 4.34 Å². The monoisotopic (exact) mass is 295 g/mol. The Labute approximate surface area is 121 Å². The van der Waals surface area contributed by atoms with Gasteiger partial charge in [0, 0.05) is 18.2 Å². The summed E-state index contributed by atoms with van der Waals surface area (Å²) in [6.45, 7) is 2.06. The topological polar surface area (TPSA) is 61.0 Å². The highest BCUT2D eigenvalue weighted by molar-refractivity contribution is 8.00. The Kier molecular flexibility index (Phi) is 5.18. The van der Waals surface area contributed by atoms with Crippen LogP contribution in [-0.2, 0) is 6.42 Å². The molecule has 0 amide bonds. The minimum Gasteiger partial charge on any atom is -0.497 e. The summed E-state index contributed by atoms with van der Waals surface area (Å²) < 4.78 is 10.4. The number of rotatable bonds is 6. The van der Waals surface area contributed by atoms with Crippen molar-refractivity contribution in [1.82, 2.24) is 9.36 Å². The lowest BCUT2D eigenvalue weighted by molar-refractivity contribution is 0.414. The van der Waals surface area contributed by atoms with E-state index in [1.165, 1.54) is 11.5 Å². The second kappa shape index (κ2) is 6.88. The van der Waals surface area contributed by atoms with Gasteiger partial charge in [0.1, 0.15) is 11.6 Å². The molecule has 0 bridgehead atoms. The standard InChI is InChI=1S/C13H17N3OS2/c1-3-12-15-13(19-16-12)18-8-11(14)9-4-6-10(17-2)7-5-9/h4-7,11H,3,8,14H2,1-2H3. The summed E-state index contributed by atoms with van der Waals surface area (Å²) in [6, 6.07) is 7.85. The van der Waals surface area contributed by atoms with E-state index in [2.05, 4.69) is 16.3 Å². The van der Waals surface area contributed by atoms with Crippen LogP contribution in [0.1, 0.15) is 24.4 Å². The predicted octanol–water partition coefficient (Wildman–Crippen LogP) is 2.90. The molecule has 0 aliphatic carbocycles. The van der Waals surface area contributed by atoms with Gasteiger partial charge in [-0.15, -0.1) is 0 Å². The van der Waals surface area contributed by atoms with Crippen LogP contribution >= 0.6 is 23.3 Å². The maximum absolute atomic E-state index is 6.17. The van der Waals surface area contributed by atoms with Crippen molar-refractivity contribution >= 4 is 23.3 Å². The molecule has 1 aromatic carbocycles. The van der Waals surface area contributed by atoms with Gasteiger partial charge in [-0.2, -0.15) is 4.37 Å². The molecule has 102 valence electrons. The Morgan fingerprint density at radius 1 is 1.37 bits per heavy atom. The first-order chi connectivity index (χ1) is 9.22. The van der Waals surface area contributed by atoms with Crippen molar-refractivity contribution in [2.45, 2.75) is 23.7 Å². The molecule has 1 aromatic heterocycles. The van der Waals surface area contributed by atoms with Crippen molar-refractivity contribution in [1.29, 1.82) is 0 Å². The van der Waals surface area contributed by atoms with E-state index in [1.807, 2.05) is 24.3 Å². The highest BCUT2D eigenvalue weighted by atomic mass is 32.2. The summed E-state index contributed by atoms with van der Waals surface area (Å²) >= 11 is 3.10. The Hall–Kier alpha value is -1.11. The quantitative estimate of drug-likeness (QED) is 0.830. The van der Waals surface area contributed by atoms with Crippen molar-refractivity contribution in [3.05, 3.63) is 35.7 Å². The van der Waals surface area contributed by atoms with Gasteiger partial charge >= 0.3 is 0 Å². The van der Waals surface area contributed by atoms with Gasteiger partial charge in [0.05, 0.1) is 7.11 Å². The van der Waals surface area contributed by atoms with Gasteiger partial charge < -0.3 is 10.5 Å². The fourth-order valence-corrected chi connectivity index (χ4v) is 3.26. The van der Waals surface area contributed by atoms with Crippen LogP contribution in [0.3, 0.4) is 0 Å². The van der Waals surface area contributed by atoms with E-state index in [9.17, 15) is 0 Å². The summed E-state index contributed by atoms with van der Waals surface area (Å²) in [5, 5.41) is 0. The fourth-order valence-electron chi connectivity index (χ4n) is 1.55. The number of methoxy groups -OCH3 is 1. The van der Waals surface area contributed by atoms with Crippen molar-refractivity contribution < 1.29 is 4.74 Å². The van der Waals surface area contributed by atoms with Crippen LogP contribution in [0.15, 0.2) is 28.6 Å². The summed E-state index contributed by atoms with van der Waals surface area (Å²) in [6.07, 6.45) is 0.877. The molecule has 0 radical (unpaired) electrons. The number of aromatic nitrogens is 2. The average molecular weight is 295 g/mol. The lowest BCUT2D eigenvalue weighted by atomic mass is 10.1. The van der Waals surface area contributed by atoms with Crippen molar-refractivity contribution in [2.24, 2.45) is 5.73 Å². The first kappa shape index (κ1) is 14.3. The number of hydrogen-bond donors (Lipinski definition) is 1. The second-order valence-corrected chi connectivity index (χ2v) is 6.04. The summed E-state index contributed by atoms with van der Waals surface area (Å²) in [5.41, 5.74) is 7.27. The third kappa shape index (κ3) is 3.92. The van der Waals surface area contributed by atoms with E-state index in [0.29, 0.717) is 0 Å². The van der Waals surface area contributed by atoms with Gasteiger partial charge in [0.25, 0.3) is 0 Å². The predicted molar refractivity (Wildman–Crippen MR) is 79.9 cm³/mol. The van der Waals surface area contributed by atoms with E-state index in [4.69, 9.17) is 10.5 Å². The fraction of sp³-hybridized carbons (Fsp3) is 0.385. The van der Waals surface area contributed by atoms with Gasteiger partial charge in [0.2, 0.25) is 0 Å². The van der Waals surface area contributed by atoms with Crippen molar-refractivity contribution in [3.63, 3.8) is 0 Å². The largest absolute Gasteiger partial charge is 0.497 e.